The summed E-state index contributed by atoms with van der Waals surface area (Å²) in [6, 6.07) is 4.23. The van der Waals surface area contributed by atoms with Crippen LogP contribution in [0.4, 0.5) is 13.2 Å². The van der Waals surface area contributed by atoms with E-state index >= 15 is 0 Å². The quantitative estimate of drug-likeness (QED) is 0.681. The second kappa shape index (κ2) is 8.36. The van der Waals surface area contributed by atoms with Gasteiger partial charge in [0.2, 0.25) is 0 Å². The molecule has 0 heterocycles. The third-order valence-electron chi connectivity index (χ3n) is 2.60. The Labute approximate surface area is 122 Å². The highest BCUT2D eigenvalue weighted by atomic mass is 19.4. The van der Waals surface area contributed by atoms with Gasteiger partial charge in [0.05, 0.1) is 0 Å². The first kappa shape index (κ1) is 17.1. The van der Waals surface area contributed by atoms with E-state index in [0.717, 1.165) is 0 Å². The molecule has 0 aromatic heterocycles. The maximum absolute atomic E-state index is 12.7. The van der Waals surface area contributed by atoms with E-state index in [-0.39, 0.29) is 5.56 Å². The minimum atomic E-state index is -4.33. The van der Waals surface area contributed by atoms with Gasteiger partial charge in [0.25, 0.3) is 0 Å². The maximum atomic E-state index is 12.7. The molecule has 1 unspecified atom stereocenters. The first-order valence-corrected chi connectivity index (χ1v) is 6.39. The van der Waals surface area contributed by atoms with Crippen molar-refractivity contribution in [2.75, 3.05) is 20.3 Å². The molecule has 112 valence electrons. The van der Waals surface area contributed by atoms with E-state index < -0.39 is 12.2 Å². The number of halogens is 3. The monoisotopic (exact) mass is 295 g/mol. The van der Waals surface area contributed by atoms with Gasteiger partial charge in [-0.25, -0.2) is 0 Å². The van der Waals surface area contributed by atoms with Crippen molar-refractivity contribution in [2.45, 2.75) is 19.1 Å². The fraction of sp³-hybridized carbons (Fsp3) is 0.375. The molecule has 0 saturated heterocycles. The van der Waals surface area contributed by atoms with Crippen LogP contribution in [0.25, 0.3) is 0 Å². The third-order valence-corrected chi connectivity index (χ3v) is 2.60. The highest BCUT2D eigenvalue weighted by Crippen LogP contribution is 2.32. The molecule has 1 rings (SSSR count). The Morgan fingerprint density at radius 3 is 2.38 bits per heavy atom. The van der Waals surface area contributed by atoms with Crippen LogP contribution in [0.1, 0.15) is 24.1 Å². The molecule has 1 aromatic rings. The summed E-state index contributed by atoms with van der Waals surface area (Å²) in [5, 5.41) is 2.25. The average molecular weight is 295 g/mol. The van der Waals surface area contributed by atoms with Crippen LogP contribution < -0.4 is 5.32 Å². The Morgan fingerprint density at radius 2 is 1.86 bits per heavy atom. The fourth-order valence-electron chi connectivity index (χ4n) is 1.62. The molecule has 0 radical (unpaired) electrons. The number of nitrogens with one attached hydrogen (secondary N) is 1. The lowest BCUT2D eigenvalue weighted by Gasteiger charge is -2.19. The van der Waals surface area contributed by atoms with Gasteiger partial charge in [0.1, 0.15) is 12.6 Å². The van der Waals surface area contributed by atoms with E-state index in [9.17, 15) is 13.2 Å². The van der Waals surface area contributed by atoms with Crippen LogP contribution in [-0.4, -0.2) is 26.4 Å². The van der Waals surface area contributed by atoms with Crippen molar-refractivity contribution in [2.24, 2.45) is 0 Å². The second-order valence-corrected chi connectivity index (χ2v) is 4.07. The highest BCUT2D eigenvalue weighted by molar-refractivity contribution is 5.41. The summed E-state index contributed by atoms with van der Waals surface area (Å²) in [5.74, 6) is 10.7. The van der Waals surface area contributed by atoms with E-state index in [1.807, 2.05) is 6.92 Å². The van der Waals surface area contributed by atoms with Crippen molar-refractivity contribution in [3.63, 3.8) is 0 Å². The van der Waals surface area contributed by atoms with Crippen molar-refractivity contribution in [1.29, 1.82) is 0 Å². The van der Waals surface area contributed by atoms with E-state index in [4.69, 9.17) is 4.74 Å². The molecule has 0 fully saturated rings. The van der Waals surface area contributed by atoms with Crippen LogP contribution in [-0.2, 0) is 4.74 Å². The molecule has 0 amide bonds. The van der Waals surface area contributed by atoms with Crippen molar-refractivity contribution >= 4 is 0 Å². The van der Waals surface area contributed by atoms with Gasteiger partial charge >= 0.3 is 6.18 Å². The van der Waals surface area contributed by atoms with E-state index in [0.29, 0.717) is 18.8 Å². The minimum Gasteiger partial charge on any atom is -0.369 e. The zero-order chi connectivity index (χ0) is 15.7. The van der Waals surface area contributed by atoms with Crippen LogP contribution in [0.15, 0.2) is 24.3 Å². The molecular formula is C16H16F3NO. The average Bonchev–Trinajstić information content (AvgIpc) is 2.43. The van der Waals surface area contributed by atoms with Crippen LogP contribution >= 0.6 is 0 Å². The molecule has 2 nitrogen and oxygen atoms in total. The van der Waals surface area contributed by atoms with Crippen molar-refractivity contribution in [3.05, 3.63) is 35.4 Å². The van der Waals surface area contributed by atoms with E-state index in [1.54, 1.807) is 12.1 Å². The first-order chi connectivity index (χ1) is 9.99. The van der Waals surface area contributed by atoms with Gasteiger partial charge < -0.3 is 10.1 Å². The molecule has 0 saturated carbocycles. The lowest BCUT2D eigenvalue weighted by molar-refractivity contribution is -0.156. The van der Waals surface area contributed by atoms with Crippen molar-refractivity contribution in [1.82, 2.24) is 5.32 Å². The molecule has 1 atom stereocenters. The number of ether oxygens (including phenoxy) is 1. The Kier molecular flexibility index (Phi) is 6.81. The maximum Gasteiger partial charge on any atom is 0.407 e. The summed E-state index contributed by atoms with van der Waals surface area (Å²) in [6.45, 7) is 2.78. The summed E-state index contributed by atoms with van der Waals surface area (Å²) in [7, 11) is 1.28. The molecule has 1 aromatic carbocycles. The summed E-state index contributed by atoms with van der Waals surface area (Å²) in [6.07, 6.45) is -4.33. The summed E-state index contributed by atoms with van der Waals surface area (Å²) < 4.78 is 43.2. The third kappa shape index (κ3) is 5.91. The molecule has 0 bridgehead atoms. The van der Waals surface area contributed by atoms with E-state index in [1.165, 1.54) is 19.2 Å². The predicted molar refractivity (Wildman–Crippen MR) is 75.4 cm³/mol. The predicted octanol–water partition coefficient (Wildman–Crippen LogP) is 2.90. The van der Waals surface area contributed by atoms with E-state index in [2.05, 4.69) is 29.0 Å². The number of hydrogen-bond donors (Lipinski definition) is 1. The molecule has 21 heavy (non-hydrogen) atoms. The minimum absolute atomic E-state index is 0.151. The Morgan fingerprint density at radius 1 is 1.19 bits per heavy atom. The smallest absolute Gasteiger partial charge is 0.369 e. The van der Waals surface area contributed by atoms with Crippen LogP contribution in [0, 0.1) is 23.7 Å². The lowest BCUT2D eigenvalue weighted by Crippen LogP contribution is -2.31. The number of alkyl halides is 3. The van der Waals surface area contributed by atoms with Gasteiger partial charge in [0.15, 0.2) is 0 Å². The van der Waals surface area contributed by atoms with Crippen molar-refractivity contribution < 1.29 is 17.9 Å². The molecule has 0 spiro atoms. The molecule has 0 aliphatic heterocycles. The Hall–Kier alpha value is -1.95. The summed E-state index contributed by atoms with van der Waals surface area (Å²) in [4.78, 5) is 0. The van der Waals surface area contributed by atoms with Gasteiger partial charge in [-0.05, 0) is 43.5 Å². The van der Waals surface area contributed by atoms with Crippen LogP contribution in [0.2, 0.25) is 0 Å². The van der Waals surface area contributed by atoms with Crippen LogP contribution in [0.5, 0.6) is 0 Å². The van der Waals surface area contributed by atoms with Gasteiger partial charge in [-0.3, -0.25) is 0 Å². The fourth-order valence-corrected chi connectivity index (χ4v) is 1.62. The first-order valence-electron chi connectivity index (χ1n) is 6.39. The highest BCUT2D eigenvalue weighted by Gasteiger charge is 2.39. The largest absolute Gasteiger partial charge is 0.407 e. The molecule has 5 heteroatoms. The number of rotatable bonds is 4. The molecule has 1 N–H and O–H groups in total. The van der Waals surface area contributed by atoms with Crippen molar-refractivity contribution in [3.8, 4) is 23.7 Å². The number of hydrogen-bond acceptors (Lipinski definition) is 2. The van der Waals surface area contributed by atoms with Gasteiger partial charge in [0, 0.05) is 12.2 Å². The normalized spacial score (nSPS) is 11.9. The lowest BCUT2D eigenvalue weighted by atomic mass is 10.0. The summed E-state index contributed by atoms with van der Waals surface area (Å²) in [5.41, 5.74) is 0.763. The van der Waals surface area contributed by atoms with Crippen LogP contribution in [0.3, 0.4) is 0 Å². The van der Waals surface area contributed by atoms with Gasteiger partial charge in [-0.2, -0.15) is 13.2 Å². The van der Waals surface area contributed by atoms with Gasteiger partial charge in [-0.15, -0.1) is 0 Å². The molecule has 0 aliphatic carbocycles. The topological polar surface area (TPSA) is 21.3 Å². The molecular weight excluding hydrogens is 279 g/mol. The Balaban J connectivity index is 2.74. The number of benzene rings is 1. The molecule has 0 aliphatic rings. The second-order valence-electron chi connectivity index (χ2n) is 4.07. The Bertz CT molecular complexity index is 556. The summed E-state index contributed by atoms with van der Waals surface area (Å²) >= 11 is 0. The standard InChI is InChI=1S/C16H16F3NO/c1-3-21-12-6-4-5-7-13-8-10-14(11-9-13)15(20-2)16(17,18)19/h8-11,15,20H,3,12H2,1-2H3. The van der Waals surface area contributed by atoms with Gasteiger partial charge in [-0.1, -0.05) is 24.0 Å². The zero-order valence-corrected chi connectivity index (χ0v) is 11.8. The zero-order valence-electron chi connectivity index (χ0n) is 11.8. The SMILES string of the molecule is CCOCC#CC#Cc1ccc(C(NC)C(F)(F)F)cc1.